The van der Waals surface area contributed by atoms with Gasteiger partial charge in [-0.15, -0.1) is 0 Å². The van der Waals surface area contributed by atoms with Crippen molar-refractivity contribution in [1.29, 1.82) is 0 Å². The van der Waals surface area contributed by atoms with E-state index in [9.17, 15) is 4.79 Å². The van der Waals surface area contributed by atoms with E-state index in [1.165, 1.54) is 0 Å². The number of aryl methyl sites for hydroxylation is 1. The number of H-pyrrole nitrogens is 1. The van der Waals surface area contributed by atoms with Gasteiger partial charge < -0.3 is 10.2 Å². The van der Waals surface area contributed by atoms with Crippen LogP contribution in [0.3, 0.4) is 0 Å². The molecular weight excluding hydrogens is 292 g/mol. The number of carbonyl (C=O) groups excluding carboxylic acids is 1. The SMILES string of the molecule is CC(=O)N1CCc2[nH]nc(Nc3ccc4cnn(C)c4c3)c2C1. The second kappa shape index (κ2) is 5.12. The summed E-state index contributed by atoms with van der Waals surface area (Å²) in [6, 6.07) is 6.09. The van der Waals surface area contributed by atoms with Crippen molar-refractivity contribution in [3.05, 3.63) is 35.7 Å². The number of benzene rings is 1. The van der Waals surface area contributed by atoms with E-state index in [-0.39, 0.29) is 5.91 Å². The molecule has 0 unspecified atom stereocenters. The summed E-state index contributed by atoms with van der Waals surface area (Å²) in [5.41, 5.74) is 4.18. The van der Waals surface area contributed by atoms with Gasteiger partial charge in [0, 0.05) is 49.3 Å². The number of nitrogens with one attached hydrogen (secondary N) is 2. The molecule has 0 aliphatic carbocycles. The summed E-state index contributed by atoms with van der Waals surface area (Å²) in [5, 5.41) is 16.2. The summed E-state index contributed by atoms with van der Waals surface area (Å²) in [5.74, 6) is 0.881. The average molecular weight is 310 g/mol. The molecule has 2 N–H and O–H groups in total. The van der Waals surface area contributed by atoms with Crippen LogP contribution >= 0.6 is 0 Å². The molecule has 7 heteroatoms. The lowest BCUT2D eigenvalue weighted by molar-refractivity contribution is -0.129. The Hall–Kier alpha value is -2.83. The molecular formula is C16H18N6O. The fourth-order valence-electron chi connectivity index (χ4n) is 3.03. The summed E-state index contributed by atoms with van der Waals surface area (Å²) < 4.78 is 1.85. The first kappa shape index (κ1) is 13.8. The highest BCUT2D eigenvalue weighted by molar-refractivity contribution is 5.83. The lowest BCUT2D eigenvalue weighted by Gasteiger charge is -2.25. The molecule has 7 nitrogen and oxygen atoms in total. The highest BCUT2D eigenvalue weighted by atomic mass is 16.2. The third kappa shape index (κ3) is 2.34. The van der Waals surface area contributed by atoms with Gasteiger partial charge in [-0.05, 0) is 18.2 Å². The smallest absolute Gasteiger partial charge is 0.219 e. The Morgan fingerprint density at radius 1 is 1.39 bits per heavy atom. The Kier molecular flexibility index (Phi) is 3.07. The number of nitrogens with zero attached hydrogens (tertiary/aromatic N) is 4. The number of hydrogen-bond acceptors (Lipinski definition) is 4. The van der Waals surface area contributed by atoms with Crippen LogP contribution in [0.1, 0.15) is 18.2 Å². The predicted octanol–water partition coefficient (Wildman–Crippen LogP) is 1.94. The topological polar surface area (TPSA) is 78.8 Å². The molecule has 1 aliphatic rings. The number of carbonyl (C=O) groups is 1. The van der Waals surface area contributed by atoms with Crippen molar-refractivity contribution < 1.29 is 4.79 Å². The number of amides is 1. The summed E-state index contributed by atoms with van der Waals surface area (Å²) in [6.45, 7) is 2.94. The minimum atomic E-state index is 0.0964. The quantitative estimate of drug-likeness (QED) is 0.758. The van der Waals surface area contributed by atoms with E-state index in [4.69, 9.17) is 0 Å². The van der Waals surface area contributed by atoms with Crippen LogP contribution in [0.4, 0.5) is 11.5 Å². The summed E-state index contributed by atoms with van der Waals surface area (Å²) >= 11 is 0. The first-order valence-corrected chi connectivity index (χ1v) is 7.62. The van der Waals surface area contributed by atoms with Crippen molar-refractivity contribution >= 4 is 28.3 Å². The van der Waals surface area contributed by atoms with Gasteiger partial charge in [0.05, 0.1) is 18.3 Å². The third-order valence-electron chi connectivity index (χ3n) is 4.39. The molecule has 0 saturated heterocycles. The second-order valence-corrected chi connectivity index (χ2v) is 5.89. The second-order valence-electron chi connectivity index (χ2n) is 5.89. The van der Waals surface area contributed by atoms with Crippen LogP contribution in [-0.4, -0.2) is 37.3 Å². The van der Waals surface area contributed by atoms with Gasteiger partial charge in [-0.1, -0.05) is 0 Å². The molecule has 0 atom stereocenters. The lowest BCUT2D eigenvalue weighted by Crippen LogP contribution is -2.34. The normalized spacial score (nSPS) is 14.1. The number of rotatable bonds is 2. The molecule has 3 aromatic rings. The van der Waals surface area contributed by atoms with E-state index >= 15 is 0 Å². The van der Waals surface area contributed by atoms with E-state index in [2.05, 4.69) is 26.7 Å². The molecule has 23 heavy (non-hydrogen) atoms. The number of aromatic amines is 1. The summed E-state index contributed by atoms with van der Waals surface area (Å²) in [4.78, 5) is 13.5. The highest BCUT2D eigenvalue weighted by Crippen LogP contribution is 2.27. The van der Waals surface area contributed by atoms with Crippen molar-refractivity contribution in [3.8, 4) is 0 Å². The van der Waals surface area contributed by atoms with Crippen molar-refractivity contribution in [2.75, 3.05) is 11.9 Å². The van der Waals surface area contributed by atoms with E-state index in [1.54, 1.807) is 6.92 Å². The zero-order valence-electron chi connectivity index (χ0n) is 13.1. The summed E-state index contributed by atoms with van der Waals surface area (Å²) in [6.07, 6.45) is 2.66. The lowest BCUT2D eigenvalue weighted by atomic mass is 10.1. The Balaban J connectivity index is 1.65. The average Bonchev–Trinajstić information content (AvgIpc) is 3.11. The van der Waals surface area contributed by atoms with E-state index in [0.717, 1.165) is 46.6 Å². The molecule has 0 radical (unpaired) electrons. The molecule has 0 spiro atoms. The van der Waals surface area contributed by atoms with Crippen molar-refractivity contribution in [1.82, 2.24) is 24.9 Å². The fourth-order valence-corrected chi connectivity index (χ4v) is 3.03. The van der Waals surface area contributed by atoms with Gasteiger partial charge in [0.1, 0.15) is 0 Å². The van der Waals surface area contributed by atoms with Crippen LogP contribution < -0.4 is 5.32 Å². The van der Waals surface area contributed by atoms with Gasteiger partial charge in [-0.25, -0.2) is 0 Å². The van der Waals surface area contributed by atoms with Gasteiger partial charge in [0.2, 0.25) is 5.91 Å². The van der Waals surface area contributed by atoms with Crippen LogP contribution in [0.5, 0.6) is 0 Å². The molecule has 118 valence electrons. The molecule has 0 fully saturated rings. The maximum absolute atomic E-state index is 11.6. The number of fused-ring (bicyclic) bond motifs is 2. The minimum Gasteiger partial charge on any atom is -0.338 e. The Morgan fingerprint density at radius 2 is 2.26 bits per heavy atom. The molecule has 0 bridgehead atoms. The summed E-state index contributed by atoms with van der Waals surface area (Å²) in [7, 11) is 1.92. The number of aromatic nitrogens is 4. The van der Waals surface area contributed by atoms with Gasteiger partial charge in [-0.2, -0.15) is 10.2 Å². The first-order chi connectivity index (χ1) is 11.1. The Morgan fingerprint density at radius 3 is 3.09 bits per heavy atom. The molecule has 1 amide bonds. The van der Waals surface area contributed by atoms with E-state index in [0.29, 0.717) is 6.54 Å². The Labute approximate surface area is 133 Å². The van der Waals surface area contributed by atoms with Gasteiger partial charge in [0.15, 0.2) is 5.82 Å². The van der Waals surface area contributed by atoms with Gasteiger partial charge >= 0.3 is 0 Å². The zero-order valence-corrected chi connectivity index (χ0v) is 13.1. The molecule has 2 aromatic heterocycles. The van der Waals surface area contributed by atoms with Crippen molar-refractivity contribution in [2.45, 2.75) is 19.9 Å². The van der Waals surface area contributed by atoms with Gasteiger partial charge in [-0.3, -0.25) is 14.6 Å². The minimum absolute atomic E-state index is 0.0964. The zero-order chi connectivity index (χ0) is 16.0. The van der Waals surface area contributed by atoms with Crippen LogP contribution in [0.2, 0.25) is 0 Å². The monoisotopic (exact) mass is 310 g/mol. The van der Waals surface area contributed by atoms with E-state index in [1.807, 2.05) is 35.0 Å². The third-order valence-corrected chi connectivity index (χ3v) is 4.39. The van der Waals surface area contributed by atoms with Gasteiger partial charge in [0.25, 0.3) is 0 Å². The van der Waals surface area contributed by atoms with Crippen LogP contribution in [0.25, 0.3) is 10.9 Å². The highest BCUT2D eigenvalue weighted by Gasteiger charge is 2.23. The maximum atomic E-state index is 11.6. The van der Waals surface area contributed by atoms with Crippen molar-refractivity contribution in [3.63, 3.8) is 0 Å². The Bertz CT molecular complexity index is 893. The molecule has 1 aliphatic heterocycles. The van der Waals surface area contributed by atoms with Crippen LogP contribution in [0.15, 0.2) is 24.4 Å². The molecule has 1 aromatic carbocycles. The number of hydrogen-bond donors (Lipinski definition) is 2. The largest absolute Gasteiger partial charge is 0.338 e. The van der Waals surface area contributed by atoms with Crippen molar-refractivity contribution in [2.24, 2.45) is 7.05 Å². The molecule has 0 saturated carbocycles. The number of anilines is 2. The van der Waals surface area contributed by atoms with Crippen LogP contribution in [-0.2, 0) is 24.8 Å². The van der Waals surface area contributed by atoms with Crippen LogP contribution in [0, 0.1) is 0 Å². The fraction of sp³-hybridized carbons (Fsp3) is 0.312. The standard InChI is InChI=1S/C16H18N6O/c1-10(23)22-6-5-14-13(9-22)16(20-19-14)18-12-4-3-11-8-17-21(2)15(11)7-12/h3-4,7-8H,5-6,9H2,1-2H3,(H2,18,19,20). The molecule has 3 heterocycles. The maximum Gasteiger partial charge on any atom is 0.219 e. The van der Waals surface area contributed by atoms with E-state index < -0.39 is 0 Å². The predicted molar refractivity (Wildman–Crippen MR) is 87.4 cm³/mol. The molecule has 4 rings (SSSR count). The first-order valence-electron chi connectivity index (χ1n) is 7.62.